The van der Waals surface area contributed by atoms with Gasteiger partial charge in [0.1, 0.15) is 5.69 Å². The molecule has 0 unspecified atom stereocenters. The van der Waals surface area contributed by atoms with E-state index in [0.29, 0.717) is 18.7 Å². The molecule has 8 nitrogen and oxygen atoms in total. The van der Waals surface area contributed by atoms with Gasteiger partial charge < -0.3 is 16.0 Å². The van der Waals surface area contributed by atoms with Crippen LogP contribution in [0, 0.1) is 10.1 Å². The summed E-state index contributed by atoms with van der Waals surface area (Å²) in [6, 6.07) is 11.7. The van der Waals surface area contributed by atoms with E-state index in [1.54, 1.807) is 24.3 Å². The minimum Gasteiger partial charge on any atom is -0.379 e. The first-order chi connectivity index (χ1) is 13.3. The lowest BCUT2D eigenvalue weighted by atomic mass is 10.1. The van der Waals surface area contributed by atoms with E-state index in [4.69, 9.17) is 0 Å². The molecule has 0 aliphatic heterocycles. The van der Waals surface area contributed by atoms with Crippen LogP contribution in [0.4, 0.5) is 17.1 Å². The summed E-state index contributed by atoms with van der Waals surface area (Å²) < 4.78 is 0. The molecule has 0 aliphatic rings. The second-order valence-electron chi connectivity index (χ2n) is 6.67. The molecular formula is C20H24N4O4. The highest BCUT2D eigenvalue weighted by Crippen LogP contribution is 2.25. The van der Waals surface area contributed by atoms with Crippen molar-refractivity contribution in [2.45, 2.75) is 33.2 Å². The Labute approximate surface area is 163 Å². The maximum atomic E-state index is 12.1. The quantitative estimate of drug-likeness (QED) is 0.477. The topological polar surface area (TPSA) is 113 Å². The van der Waals surface area contributed by atoms with Crippen LogP contribution >= 0.6 is 0 Å². The third kappa shape index (κ3) is 6.08. The molecule has 0 aromatic heterocycles. The minimum atomic E-state index is -0.503. The number of carbonyl (C=O) groups is 2. The molecule has 0 spiro atoms. The Bertz CT molecular complexity index is 863. The molecule has 3 N–H and O–H groups in total. The van der Waals surface area contributed by atoms with Crippen molar-refractivity contribution in [2.75, 3.05) is 17.2 Å². The van der Waals surface area contributed by atoms with Crippen LogP contribution in [0.15, 0.2) is 42.5 Å². The summed E-state index contributed by atoms with van der Waals surface area (Å²) >= 11 is 0. The van der Waals surface area contributed by atoms with E-state index in [9.17, 15) is 19.7 Å². The number of hydrogen-bond acceptors (Lipinski definition) is 5. The highest BCUT2D eigenvalue weighted by Gasteiger charge is 2.17. The van der Waals surface area contributed by atoms with Gasteiger partial charge in [0.2, 0.25) is 5.91 Å². The molecule has 2 aromatic rings. The average Bonchev–Trinajstić information content (AvgIpc) is 2.62. The Hall–Kier alpha value is -3.42. The van der Waals surface area contributed by atoms with E-state index in [-0.39, 0.29) is 29.1 Å². The van der Waals surface area contributed by atoms with E-state index >= 15 is 0 Å². The summed E-state index contributed by atoms with van der Waals surface area (Å²) in [6.45, 7) is 5.58. The fourth-order valence-corrected chi connectivity index (χ4v) is 2.62. The number of nitrogens with zero attached hydrogens (tertiary/aromatic N) is 1. The summed E-state index contributed by atoms with van der Waals surface area (Å²) in [5.74, 6) is -0.476. The van der Waals surface area contributed by atoms with Crippen LogP contribution in [-0.4, -0.2) is 29.3 Å². The van der Waals surface area contributed by atoms with Crippen molar-refractivity contribution >= 4 is 28.9 Å². The molecule has 8 heteroatoms. The predicted molar refractivity (Wildman–Crippen MR) is 109 cm³/mol. The van der Waals surface area contributed by atoms with Gasteiger partial charge in [-0.15, -0.1) is 0 Å². The fourth-order valence-electron chi connectivity index (χ4n) is 2.62. The normalized spacial score (nSPS) is 10.4. The van der Waals surface area contributed by atoms with Crippen LogP contribution in [0.1, 0.15) is 36.7 Å². The van der Waals surface area contributed by atoms with Gasteiger partial charge in [0, 0.05) is 36.8 Å². The Morgan fingerprint density at radius 3 is 2.36 bits per heavy atom. The third-order valence-electron chi connectivity index (χ3n) is 3.88. The monoisotopic (exact) mass is 384 g/mol. The first-order valence-corrected chi connectivity index (χ1v) is 8.96. The van der Waals surface area contributed by atoms with Gasteiger partial charge in [-0.1, -0.05) is 12.1 Å². The van der Waals surface area contributed by atoms with Crippen molar-refractivity contribution in [2.24, 2.45) is 0 Å². The van der Waals surface area contributed by atoms with Crippen LogP contribution < -0.4 is 16.0 Å². The Morgan fingerprint density at radius 1 is 1.11 bits per heavy atom. The van der Waals surface area contributed by atoms with Crippen molar-refractivity contribution in [1.82, 2.24) is 5.32 Å². The standard InChI is InChI=1S/C20H24N4O4/c1-13(2)22-20(26)16-6-9-18(19(12-16)24(27)28)21-11-10-15-4-7-17(8-5-15)23-14(3)25/h4-9,12-13,21H,10-11H2,1-3H3,(H,22,26)(H,23,25). The third-order valence-corrected chi connectivity index (χ3v) is 3.88. The lowest BCUT2D eigenvalue weighted by Gasteiger charge is -2.11. The second kappa shape index (κ2) is 9.50. The lowest BCUT2D eigenvalue weighted by molar-refractivity contribution is -0.384. The number of benzene rings is 2. The molecule has 0 atom stereocenters. The first kappa shape index (κ1) is 20.9. The second-order valence-corrected chi connectivity index (χ2v) is 6.67. The van der Waals surface area contributed by atoms with E-state index in [1.807, 2.05) is 26.0 Å². The molecule has 2 rings (SSSR count). The summed E-state index contributed by atoms with van der Waals surface area (Å²) in [4.78, 5) is 34.0. The Morgan fingerprint density at radius 2 is 1.79 bits per heavy atom. The maximum Gasteiger partial charge on any atom is 0.293 e. The fraction of sp³-hybridized carbons (Fsp3) is 0.300. The van der Waals surface area contributed by atoms with Crippen molar-refractivity contribution in [1.29, 1.82) is 0 Å². The smallest absolute Gasteiger partial charge is 0.293 e. The van der Waals surface area contributed by atoms with Crippen LogP contribution in [0.5, 0.6) is 0 Å². The average molecular weight is 384 g/mol. The zero-order valence-electron chi connectivity index (χ0n) is 16.1. The maximum absolute atomic E-state index is 12.1. The number of anilines is 2. The number of nitro benzene ring substituents is 1. The molecule has 0 aliphatic carbocycles. The molecule has 2 aromatic carbocycles. The van der Waals surface area contributed by atoms with Crippen molar-refractivity contribution in [3.05, 3.63) is 63.7 Å². The lowest BCUT2D eigenvalue weighted by Crippen LogP contribution is -2.30. The Balaban J connectivity index is 2.02. The predicted octanol–water partition coefficient (Wildman–Crippen LogP) is 3.35. The van der Waals surface area contributed by atoms with Gasteiger partial charge in [0.05, 0.1) is 4.92 Å². The molecule has 0 saturated carbocycles. The van der Waals surface area contributed by atoms with E-state index < -0.39 is 4.92 Å². The zero-order chi connectivity index (χ0) is 20.7. The van der Waals surface area contributed by atoms with E-state index in [0.717, 1.165) is 11.3 Å². The zero-order valence-corrected chi connectivity index (χ0v) is 16.1. The molecule has 0 bridgehead atoms. The van der Waals surface area contributed by atoms with Crippen LogP contribution in [0.25, 0.3) is 0 Å². The molecule has 148 valence electrons. The first-order valence-electron chi connectivity index (χ1n) is 8.96. The van der Waals surface area contributed by atoms with Crippen molar-refractivity contribution in [3.63, 3.8) is 0 Å². The largest absolute Gasteiger partial charge is 0.379 e. The molecule has 2 amide bonds. The van der Waals surface area contributed by atoms with Crippen LogP contribution in [-0.2, 0) is 11.2 Å². The van der Waals surface area contributed by atoms with Crippen molar-refractivity contribution < 1.29 is 14.5 Å². The van der Waals surface area contributed by atoms with Gasteiger partial charge >= 0.3 is 0 Å². The number of hydrogen-bond donors (Lipinski definition) is 3. The molecular weight excluding hydrogens is 360 g/mol. The number of amides is 2. The minimum absolute atomic E-state index is 0.0543. The number of nitro groups is 1. The van der Waals surface area contributed by atoms with Crippen molar-refractivity contribution in [3.8, 4) is 0 Å². The SMILES string of the molecule is CC(=O)Nc1ccc(CCNc2ccc(C(=O)NC(C)C)cc2[N+](=O)[O-])cc1. The number of rotatable bonds is 8. The van der Waals surface area contributed by atoms with Gasteiger partial charge in [-0.25, -0.2) is 0 Å². The molecule has 0 saturated heterocycles. The molecule has 28 heavy (non-hydrogen) atoms. The van der Waals surface area contributed by atoms with Crippen LogP contribution in [0.2, 0.25) is 0 Å². The van der Waals surface area contributed by atoms with Gasteiger partial charge in [0.15, 0.2) is 0 Å². The summed E-state index contributed by atoms with van der Waals surface area (Å²) in [5, 5.41) is 19.8. The Kier molecular flexibility index (Phi) is 7.08. The van der Waals surface area contributed by atoms with E-state index in [1.165, 1.54) is 13.0 Å². The summed E-state index contributed by atoms with van der Waals surface area (Å²) in [5.41, 5.74) is 2.21. The van der Waals surface area contributed by atoms with Gasteiger partial charge in [-0.2, -0.15) is 0 Å². The number of carbonyl (C=O) groups excluding carboxylic acids is 2. The highest BCUT2D eigenvalue weighted by molar-refractivity contribution is 5.95. The molecule has 0 heterocycles. The van der Waals surface area contributed by atoms with Crippen LogP contribution in [0.3, 0.4) is 0 Å². The van der Waals surface area contributed by atoms with Gasteiger partial charge in [-0.3, -0.25) is 19.7 Å². The van der Waals surface area contributed by atoms with Gasteiger partial charge in [-0.05, 0) is 50.1 Å². The molecule has 0 radical (unpaired) electrons. The van der Waals surface area contributed by atoms with Gasteiger partial charge in [0.25, 0.3) is 11.6 Å². The number of nitrogens with one attached hydrogen (secondary N) is 3. The highest BCUT2D eigenvalue weighted by atomic mass is 16.6. The summed E-state index contributed by atoms with van der Waals surface area (Å²) in [6.07, 6.45) is 0.646. The summed E-state index contributed by atoms with van der Waals surface area (Å²) in [7, 11) is 0. The van der Waals surface area contributed by atoms with E-state index in [2.05, 4.69) is 16.0 Å². The molecule has 0 fully saturated rings.